The monoisotopic (exact) mass is 277 g/mol. The molecule has 1 unspecified atom stereocenters. The van der Waals surface area contributed by atoms with Crippen LogP contribution in [0.4, 0.5) is 0 Å². The Hall–Kier alpha value is -0.910. The molecule has 1 rings (SSSR count). The molecule has 0 spiro atoms. The highest BCUT2D eigenvalue weighted by molar-refractivity contribution is 6.34. The fourth-order valence-electron chi connectivity index (χ4n) is 1.15. The van der Waals surface area contributed by atoms with Crippen molar-refractivity contribution in [2.45, 2.75) is 19.9 Å². The highest BCUT2D eigenvalue weighted by Crippen LogP contribution is 2.15. The average Bonchev–Trinajstić information content (AvgIpc) is 2.29. The predicted molar refractivity (Wildman–Crippen MR) is 65.5 cm³/mol. The largest absolute Gasteiger partial charge is 0.380 e. The van der Waals surface area contributed by atoms with E-state index in [0.29, 0.717) is 13.2 Å². The number of aromatic nitrogens is 2. The van der Waals surface area contributed by atoms with Crippen LogP contribution in [0.2, 0.25) is 10.3 Å². The van der Waals surface area contributed by atoms with Crippen LogP contribution >= 0.6 is 23.2 Å². The third kappa shape index (κ3) is 4.46. The van der Waals surface area contributed by atoms with Crippen molar-refractivity contribution in [3.63, 3.8) is 0 Å². The molecule has 17 heavy (non-hydrogen) atoms. The lowest BCUT2D eigenvalue weighted by molar-refractivity contribution is 0.0871. The van der Waals surface area contributed by atoms with Gasteiger partial charge in [0, 0.05) is 12.6 Å². The number of halogens is 2. The van der Waals surface area contributed by atoms with Gasteiger partial charge in [0.1, 0.15) is 0 Å². The first-order valence-electron chi connectivity index (χ1n) is 5.12. The van der Waals surface area contributed by atoms with Crippen molar-refractivity contribution in [2.75, 3.05) is 13.2 Å². The van der Waals surface area contributed by atoms with E-state index in [4.69, 9.17) is 27.9 Å². The molecule has 0 bridgehead atoms. The fraction of sp³-hybridized carbons (Fsp3) is 0.500. The summed E-state index contributed by atoms with van der Waals surface area (Å²) in [5.74, 6) is -0.348. The Labute approximate surface area is 109 Å². The van der Waals surface area contributed by atoms with Crippen LogP contribution < -0.4 is 5.32 Å². The zero-order chi connectivity index (χ0) is 12.8. The number of carbonyl (C=O) groups is 1. The van der Waals surface area contributed by atoms with Gasteiger partial charge in [0.15, 0.2) is 10.3 Å². The number of rotatable bonds is 5. The molecule has 0 saturated heterocycles. The van der Waals surface area contributed by atoms with Crippen molar-refractivity contribution >= 4 is 29.1 Å². The first-order valence-corrected chi connectivity index (χ1v) is 5.87. The van der Waals surface area contributed by atoms with E-state index >= 15 is 0 Å². The molecule has 1 aromatic heterocycles. The van der Waals surface area contributed by atoms with E-state index in [-0.39, 0.29) is 27.8 Å². The first-order chi connectivity index (χ1) is 8.04. The molecule has 5 nitrogen and oxygen atoms in total. The molecule has 0 aromatic carbocycles. The number of carbonyl (C=O) groups excluding carboxylic acids is 1. The number of nitrogens with one attached hydrogen (secondary N) is 1. The van der Waals surface area contributed by atoms with Crippen molar-refractivity contribution in [2.24, 2.45) is 0 Å². The van der Waals surface area contributed by atoms with Gasteiger partial charge in [0.05, 0.1) is 12.2 Å². The summed E-state index contributed by atoms with van der Waals surface area (Å²) in [4.78, 5) is 11.8. The van der Waals surface area contributed by atoms with E-state index in [1.165, 1.54) is 6.07 Å². The maximum atomic E-state index is 11.8. The van der Waals surface area contributed by atoms with E-state index < -0.39 is 0 Å². The van der Waals surface area contributed by atoms with Crippen molar-refractivity contribution in [1.82, 2.24) is 15.5 Å². The summed E-state index contributed by atoms with van der Waals surface area (Å²) in [6.07, 6.45) is 0. The van der Waals surface area contributed by atoms with Gasteiger partial charge in [-0.05, 0) is 19.9 Å². The van der Waals surface area contributed by atoms with Crippen LogP contribution in [0.1, 0.15) is 24.2 Å². The van der Waals surface area contributed by atoms with Crippen molar-refractivity contribution < 1.29 is 9.53 Å². The predicted octanol–water partition coefficient (Wildman–Crippen LogP) is 1.94. The van der Waals surface area contributed by atoms with Gasteiger partial charge in [-0.25, -0.2) is 0 Å². The molecule has 0 aliphatic rings. The van der Waals surface area contributed by atoms with Gasteiger partial charge in [-0.3, -0.25) is 4.79 Å². The quantitative estimate of drug-likeness (QED) is 0.894. The normalized spacial score (nSPS) is 12.2. The third-order valence-corrected chi connectivity index (χ3v) is 2.38. The number of ether oxygens (including phenoxy) is 1. The molecule has 1 amide bonds. The molecular weight excluding hydrogens is 265 g/mol. The van der Waals surface area contributed by atoms with Gasteiger partial charge in [-0.1, -0.05) is 23.2 Å². The van der Waals surface area contributed by atoms with Crippen LogP contribution in [0.3, 0.4) is 0 Å². The Kier molecular flexibility index (Phi) is 5.61. The highest BCUT2D eigenvalue weighted by atomic mass is 35.5. The van der Waals surface area contributed by atoms with Gasteiger partial charge in [0.25, 0.3) is 5.91 Å². The molecule has 1 N–H and O–H groups in total. The number of hydrogen-bond acceptors (Lipinski definition) is 4. The maximum absolute atomic E-state index is 11.8. The zero-order valence-corrected chi connectivity index (χ0v) is 11.0. The fourth-order valence-corrected chi connectivity index (χ4v) is 1.48. The molecule has 1 atom stereocenters. The Morgan fingerprint density at radius 3 is 2.88 bits per heavy atom. The summed E-state index contributed by atoms with van der Waals surface area (Å²) in [5, 5.41) is 9.96. The highest BCUT2D eigenvalue weighted by Gasteiger charge is 2.15. The summed E-state index contributed by atoms with van der Waals surface area (Å²) >= 11 is 11.4. The minimum absolute atomic E-state index is 0.0236. The minimum atomic E-state index is -0.348. The minimum Gasteiger partial charge on any atom is -0.380 e. The van der Waals surface area contributed by atoms with E-state index in [1.54, 1.807) is 0 Å². The van der Waals surface area contributed by atoms with E-state index in [9.17, 15) is 4.79 Å². The molecular formula is C10H13Cl2N3O2. The van der Waals surface area contributed by atoms with E-state index in [0.717, 1.165) is 0 Å². The molecule has 0 radical (unpaired) electrons. The summed E-state index contributed by atoms with van der Waals surface area (Å²) in [7, 11) is 0. The Morgan fingerprint density at radius 2 is 2.24 bits per heavy atom. The van der Waals surface area contributed by atoms with Crippen molar-refractivity contribution in [3.8, 4) is 0 Å². The van der Waals surface area contributed by atoms with Crippen LogP contribution in [-0.2, 0) is 4.74 Å². The standard InChI is InChI=1S/C10H13Cl2N3O2/c1-3-17-5-6(2)13-10(16)7-4-8(11)14-15-9(7)12/h4,6H,3,5H2,1-2H3,(H,13,16). The Balaban J connectivity index is 2.66. The third-order valence-electron chi connectivity index (χ3n) is 1.91. The Morgan fingerprint density at radius 1 is 1.53 bits per heavy atom. The molecule has 0 fully saturated rings. The van der Waals surface area contributed by atoms with Crippen LogP contribution in [0.25, 0.3) is 0 Å². The summed E-state index contributed by atoms with van der Waals surface area (Å²) in [6, 6.07) is 1.25. The van der Waals surface area contributed by atoms with Gasteiger partial charge in [0.2, 0.25) is 0 Å². The lowest BCUT2D eigenvalue weighted by Gasteiger charge is -2.13. The molecule has 1 aromatic rings. The lowest BCUT2D eigenvalue weighted by atomic mass is 10.2. The van der Waals surface area contributed by atoms with Gasteiger partial charge >= 0.3 is 0 Å². The molecule has 94 valence electrons. The average molecular weight is 278 g/mol. The van der Waals surface area contributed by atoms with Crippen LogP contribution in [0, 0.1) is 0 Å². The smallest absolute Gasteiger partial charge is 0.254 e. The van der Waals surface area contributed by atoms with Crippen LogP contribution in [0.5, 0.6) is 0 Å². The summed E-state index contributed by atoms with van der Waals surface area (Å²) < 4.78 is 5.18. The zero-order valence-electron chi connectivity index (χ0n) is 9.54. The van der Waals surface area contributed by atoms with Crippen LogP contribution in [0.15, 0.2) is 6.07 Å². The van der Waals surface area contributed by atoms with Crippen LogP contribution in [-0.4, -0.2) is 35.4 Å². The van der Waals surface area contributed by atoms with Crippen molar-refractivity contribution in [1.29, 1.82) is 0 Å². The SMILES string of the molecule is CCOCC(C)NC(=O)c1cc(Cl)nnc1Cl. The Bertz CT molecular complexity index is 401. The molecule has 1 heterocycles. The number of amides is 1. The molecule has 7 heteroatoms. The molecule has 0 aliphatic heterocycles. The summed E-state index contributed by atoms with van der Waals surface area (Å²) in [6.45, 7) is 4.76. The number of nitrogens with zero attached hydrogens (tertiary/aromatic N) is 2. The van der Waals surface area contributed by atoms with Gasteiger partial charge in [-0.15, -0.1) is 10.2 Å². The summed E-state index contributed by atoms with van der Waals surface area (Å²) in [5.41, 5.74) is 0.204. The second-order valence-electron chi connectivity index (χ2n) is 3.41. The van der Waals surface area contributed by atoms with Crippen molar-refractivity contribution in [3.05, 3.63) is 21.9 Å². The van der Waals surface area contributed by atoms with Gasteiger partial charge < -0.3 is 10.1 Å². The molecule has 0 aliphatic carbocycles. The second-order valence-corrected chi connectivity index (χ2v) is 4.15. The van der Waals surface area contributed by atoms with E-state index in [2.05, 4.69) is 15.5 Å². The van der Waals surface area contributed by atoms with E-state index in [1.807, 2.05) is 13.8 Å². The first kappa shape index (κ1) is 14.2. The topological polar surface area (TPSA) is 64.1 Å². The lowest BCUT2D eigenvalue weighted by Crippen LogP contribution is -2.36. The number of hydrogen-bond donors (Lipinski definition) is 1. The second kappa shape index (κ2) is 6.74. The van der Waals surface area contributed by atoms with Gasteiger partial charge in [-0.2, -0.15) is 0 Å². The molecule has 0 saturated carbocycles. The maximum Gasteiger partial charge on any atom is 0.254 e.